The molecule has 0 unspecified atom stereocenters. The second kappa shape index (κ2) is 13.2. The molecule has 0 nitrogen and oxygen atoms in total. The molecule has 1 heteroatoms. The van der Waals surface area contributed by atoms with E-state index < -0.39 is 0 Å². The Labute approximate surface area is 272 Å². The van der Waals surface area contributed by atoms with Gasteiger partial charge in [-0.3, -0.25) is 0 Å². The van der Waals surface area contributed by atoms with E-state index in [2.05, 4.69) is 170 Å². The molecular weight excluding hydrogens is 596 g/mol. The van der Waals surface area contributed by atoms with Crippen molar-refractivity contribution in [2.45, 2.75) is 0 Å². The van der Waals surface area contributed by atoms with Crippen LogP contribution < -0.4 is 0 Å². The summed E-state index contributed by atoms with van der Waals surface area (Å²) < 4.78 is 0. The first-order valence-corrected chi connectivity index (χ1v) is 14.4. The zero-order valence-corrected chi connectivity index (χ0v) is 26.3. The molecule has 0 aromatic heterocycles. The minimum Gasteiger partial charge on any atom is -0.145 e. The molecule has 0 spiro atoms. The van der Waals surface area contributed by atoms with Gasteiger partial charge in [-0.25, -0.2) is 0 Å². The normalized spacial score (nSPS) is 10.6. The van der Waals surface area contributed by atoms with Crippen LogP contribution in [0.15, 0.2) is 182 Å². The summed E-state index contributed by atoms with van der Waals surface area (Å²) in [6.45, 7) is 0. The zero-order valence-electron chi connectivity index (χ0n) is 23.8. The van der Waals surface area contributed by atoms with Crippen molar-refractivity contribution in [3.63, 3.8) is 0 Å². The van der Waals surface area contributed by atoms with Gasteiger partial charge in [-0.1, -0.05) is 157 Å². The van der Waals surface area contributed by atoms with Crippen LogP contribution in [0.25, 0.3) is 66.1 Å². The number of hydrogen-bond donors (Lipinski definition) is 0. The van der Waals surface area contributed by atoms with Gasteiger partial charge < -0.3 is 0 Å². The largest absolute Gasteiger partial charge is 2.00 e. The van der Waals surface area contributed by atoms with Crippen LogP contribution in [-0.2, 0) is 26.2 Å². The van der Waals surface area contributed by atoms with Gasteiger partial charge in [0.05, 0.1) is 0 Å². The molecule has 0 heterocycles. The Morgan fingerprint density at radius 1 is 0.279 bits per heavy atom. The standard InChI is InChI=1S/2C21H15.Zr/c2*1-2-6-16(7-3-1)17-10-12-18(13-11-17)21-14-19-8-4-5-9-20(19)15-21;/h2*1-15H;/q2*-1;+2. The summed E-state index contributed by atoms with van der Waals surface area (Å²) in [7, 11) is 0. The maximum absolute atomic E-state index is 2.26. The van der Waals surface area contributed by atoms with Crippen LogP contribution in [0.5, 0.6) is 0 Å². The molecule has 8 rings (SSSR count). The zero-order chi connectivity index (χ0) is 28.1. The summed E-state index contributed by atoms with van der Waals surface area (Å²) in [4.78, 5) is 0. The molecule has 0 aliphatic heterocycles. The monoisotopic (exact) mass is 624 g/mol. The van der Waals surface area contributed by atoms with Gasteiger partial charge >= 0.3 is 26.2 Å². The molecular formula is C42H30Zr. The molecule has 0 radical (unpaired) electrons. The Morgan fingerprint density at radius 3 is 0.953 bits per heavy atom. The Hall–Kier alpha value is -4.58. The minimum absolute atomic E-state index is 0. The molecule has 0 aliphatic carbocycles. The van der Waals surface area contributed by atoms with Crippen molar-refractivity contribution in [2.75, 3.05) is 0 Å². The summed E-state index contributed by atoms with van der Waals surface area (Å²) >= 11 is 0. The van der Waals surface area contributed by atoms with E-state index in [0.29, 0.717) is 0 Å². The van der Waals surface area contributed by atoms with Crippen LogP contribution in [0.4, 0.5) is 0 Å². The summed E-state index contributed by atoms with van der Waals surface area (Å²) in [5, 5.41) is 5.22. The second-order valence-corrected chi connectivity index (χ2v) is 10.6. The van der Waals surface area contributed by atoms with Crippen LogP contribution in [0.3, 0.4) is 0 Å². The molecule has 43 heavy (non-hydrogen) atoms. The van der Waals surface area contributed by atoms with Crippen LogP contribution >= 0.6 is 0 Å². The maximum Gasteiger partial charge on any atom is 2.00 e. The molecule has 0 fully saturated rings. The third-order valence-corrected chi connectivity index (χ3v) is 7.89. The predicted molar refractivity (Wildman–Crippen MR) is 181 cm³/mol. The Kier molecular flexibility index (Phi) is 8.73. The molecule has 0 bridgehead atoms. The van der Waals surface area contributed by atoms with E-state index in [1.807, 2.05) is 12.1 Å². The van der Waals surface area contributed by atoms with E-state index in [9.17, 15) is 0 Å². The fourth-order valence-corrected chi connectivity index (χ4v) is 5.61. The molecule has 0 atom stereocenters. The quantitative estimate of drug-likeness (QED) is 0.171. The molecule has 8 aromatic rings. The first-order valence-electron chi connectivity index (χ1n) is 14.4. The van der Waals surface area contributed by atoms with Gasteiger partial charge in [-0.15, -0.1) is 69.1 Å². The van der Waals surface area contributed by atoms with Crippen LogP contribution in [0.1, 0.15) is 0 Å². The number of hydrogen-bond acceptors (Lipinski definition) is 0. The van der Waals surface area contributed by atoms with E-state index in [-0.39, 0.29) is 26.2 Å². The molecule has 0 amide bonds. The third kappa shape index (κ3) is 6.44. The van der Waals surface area contributed by atoms with E-state index in [1.165, 1.54) is 66.1 Å². The Balaban J connectivity index is 0.000000150. The Morgan fingerprint density at radius 2 is 0.581 bits per heavy atom. The van der Waals surface area contributed by atoms with E-state index in [4.69, 9.17) is 0 Å². The molecule has 0 saturated carbocycles. The summed E-state index contributed by atoms with van der Waals surface area (Å²) in [5.41, 5.74) is 10.2. The van der Waals surface area contributed by atoms with Gasteiger partial charge in [0.2, 0.25) is 0 Å². The summed E-state index contributed by atoms with van der Waals surface area (Å²) in [6.07, 6.45) is 0. The van der Waals surface area contributed by atoms with Crippen molar-refractivity contribution < 1.29 is 26.2 Å². The first kappa shape index (κ1) is 28.5. The number of fused-ring (bicyclic) bond motifs is 2. The molecule has 8 aromatic carbocycles. The van der Waals surface area contributed by atoms with Gasteiger partial charge in [0.15, 0.2) is 0 Å². The molecule has 0 saturated heterocycles. The minimum atomic E-state index is 0. The van der Waals surface area contributed by atoms with Crippen LogP contribution in [0, 0.1) is 0 Å². The van der Waals surface area contributed by atoms with Crippen molar-refractivity contribution in [1.29, 1.82) is 0 Å². The molecule has 0 N–H and O–H groups in total. The SMILES string of the molecule is [Zr+2].c1ccc(-c2ccc(-c3cc4ccccc4[cH-]3)cc2)cc1.c1ccc(-c2ccc(-c3cc4ccccc4[cH-]3)cc2)cc1. The van der Waals surface area contributed by atoms with Crippen molar-refractivity contribution in [3.8, 4) is 44.5 Å². The van der Waals surface area contributed by atoms with Gasteiger partial charge in [-0.05, 0) is 22.3 Å². The number of rotatable bonds is 4. The fraction of sp³-hybridized carbons (Fsp3) is 0. The average molecular weight is 626 g/mol. The molecule has 0 aliphatic rings. The van der Waals surface area contributed by atoms with Crippen molar-refractivity contribution >= 4 is 21.5 Å². The average Bonchev–Trinajstić information content (AvgIpc) is 3.71. The van der Waals surface area contributed by atoms with Gasteiger partial charge in [-0.2, -0.15) is 0 Å². The summed E-state index contributed by atoms with van der Waals surface area (Å²) in [5.74, 6) is 0. The smallest absolute Gasteiger partial charge is 0.145 e. The second-order valence-electron chi connectivity index (χ2n) is 10.6. The molecule has 202 valence electrons. The van der Waals surface area contributed by atoms with Gasteiger partial charge in [0.1, 0.15) is 0 Å². The number of benzene rings is 6. The van der Waals surface area contributed by atoms with E-state index >= 15 is 0 Å². The van der Waals surface area contributed by atoms with Crippen molar-refractivity contribution in [2.24, 2.45) is 0 Å². The predicted octanol–water partition coefficient (Wildman–Crippen LogP) is 11.8. The van der Waals surface area contributed by atoms with E-state index in [0.717, 1.165) is 0 Å². The summed E-state index contributed by atoms with van der Waals surface area (Å²) in [6, 6.07) is 64.6. The first-order chi connectivity index (χ1) is 20.8. The van der Waals surface area contributed by atoms with Crippen LogP contribution in [0.2, 0.25) is 0 Å². The van der Waals surface area contributed by atoms with Gasteiger partial charge in [0, 0.05) is 0 Å². The van der Waals surface area contributed by atoms with Crippen LogP contribution in [-0.4, -0.2) is 0 Å². The topological polar surface area (TPSA) is 0 Å². The fourth-order valence-electron chi connectivity index (χ4n) is 5.61. The van der Waals surface area contributed by atoms with E-state index in [1.54, 1.807) is 0 Å². The van der Waals surface area contributed by atoms with Gasteiger partial charge in [0.25, 0.3) is 0 Å². The Bertz CT molecular complexity index is 1820. The van der Waals surface area contributed by atoms with Crippen molar-refractivity contribution in [3.05, 3.63) is 182 Å². The maximum atomic E-state index is 2.26. The van der Waals surface area contributed by atoms with Crippen molar-refractivity contribution in [1.82, 2.24) is 0 Å². The third-order valence-electron chi connectivity index (χ3n) is 7.89.